The van der Waals surface area contributed by atoms with Crippen molar-refractivity contribution in [1.82, 2.24) is 19.5 Å². The van der Waals surface area contributed by atoms with Crippen molar-refractivity contribution in [2.24, 2.45) is 0 Å². The maximum Gasteiger partial charge on any atom is 0.416 e. The van der Waals surface area contributed by atoms with Crippen LogP contribution in [0.4, 0.5) is 13.2 Å². The summed E-state index contributed by atoms with van der Waals surface area (Å²) in [7, 11) is 0. The van der Waals surface area contributed by atoms with E-state index < -0.39 is 11.7 Å². The van der Waals surface area contributed by atoms with Crippen LogP contribution in [0, 0.1) is 11.3 Å². The Labute approximate surface area is 244 Å². The van der Waals surface area contributed by atoms with Crippen molar-refractivity contribution in [2.75, 3.05) is 0 Å². The van der Waals surface area contributed by atoms with Gasteiger partial charge in [-0.2, -0.15) is 18.4 Å². The van der Waals surface area contributed by atoms with E-state index in [9.17, 15) is 18.4 Å². The Morgan fingerprint density at radius 1 is 0.581 bits per heavy atom. The highest BCUT2D eigenvalue weighted by Gasteiger charge is 2.31. The van der Waals surface area contributed by atoms with Gasteiger partial charge in [0.15, 0.2) is 17.5 Å². The number of para-hydroxylation sites is 1. The fourth-order valence-corrected chi connectivity index (χ4v) is 5.32. The van der Waals surface area contributed by atoms with Crippen LogP contribution in [0.15, 0.2) is 121 Å². The lowest BCUT2D eigenvalue weighted by atomic mass is 10.1. The van der Waals surface area contributed by atoms with Crippen LogP contribution in [0.5, 0.6) is 0 Å². The number of nitrogens with zero attached hydrogens (tertiary/aromatic N) is 5. The molecule has 0 radical (unpaired) electrons. The third kappa shape index (κ3) is 4.67. The third-order valence-corrected chi connectivity index (χ3v) is 7.31. The van der Waals surface area contributed by atoms with Gasteiger partial charge in [0.05, 0.1) is 33.9 Å². The molecule has 206 valence electrons. The van der Waals surface area contributed by atoms with Gasteiger partial charge in [-0.05, 0) is 42.5 Å². The Balaban J connectivity index is 1.54. The first-order chi connectivity index (χ1) is 20.9. The minimum absolute atomic E-state index is 0.331. The van der Waals surface area contributed by atoms with Crippen LogP contribution in [0.3, 0.4) is 0 Å². The van der Waals surface area contributed by atoms with Gasteiger partial charge in [0.2, 0.25) is 0 Å². The van der Waals surface area contributed by atoms with E-state index in [0.29, 0.717) is 56.1 Å². The summed E-state index contributed by atoms with van der Waals surface area (Å²) in [5.74, 6) is 1.24. The Morgan fingerprint density at radius 2 is 1.16 bits per heavy atom. The van der Waals surface area contributed by atoms with Gasteiger partial charge in [-0.3, -0.25) is 0 Å². The van der Waals surface area contributed by atoms with E-state index in [1.165, 1.54) is 12.1 Å². The Morgan fingerprint density at radius 3 is 1.79 bits per heavy atom. The molecule has 0 unspecified atom stereocenters. The average Bonchev–Trinajstić information content (AvgIpc) is 3.38. The molecular formula is C35H20F3N5. The fraction of sp³-hybridized carbons (Fsp3) is 0.0286. The van der Waals surface area contributed by atoms with Crippen LogP contribution in [0.25, 0.3) is 61.7 Å². The number of nitriles is 1. The maximum atomic E-state index is 13.7. The number of alkyl halides is 3. The van der Waals surface area contributed by atoms with E-state index in [4.69, 9.17) is 15.0 Å². The summed E-state index contributed by atoms with van der Waals surface area (Å²) in [6.45, 7) is 0. The van der Waals surface area contributed by atoms with Crippen molar-refractivity contribution in [2.45, 2.75) is 6.18 Å². The molecule has 0 fully saturated rings. The third-order valence-electron chi connectivity index (χ3n) is 7.31. The number of halogens is 3. The van der Waals surface area contributed by atoms with Gasteiger partial charge >= 0.3 is 6.18 Å². The molecule has 8 heteroatoms. The van der Waals surface area contributed by atoms with Crippen molar-refractivity contribution >= 4 is 21.8 Å². The molecule has 0 bridgehead atoms. The van der Waals surface area contributed by atoms with Gasteiger partial charge in [0.1, 0.15) is 0 Å². The van der Waals surface area contributed by atoms with Crippen LogP contribution in [-0.2, 0) is 6.18 Å². The summed E-state index contributed by atoms with van der Waals surface area (Å²) >= 11 is 0. The van der Waals surface area contributed by atoms with Crippen LogP contribution < -0.4 is 0 Å². The van der Waals surface area contributed by atoms with E-state index in [-0.39, 0.29) is 0 Å². The SMILES string of the molecule is N#Cc1ccc(-n2c3ccccc3c3cc(C(F)(F)F)ccc32)c(-c2nc(-c3ccccc3)nc(-c3ccccc3)n2)c1. The molecule has 0 aliphatic rings. The molecule has 0 amide bonds. The summed E-state index contributed by atoms with van der Waals surface area (Å²) < 4.78 is 43.0. The zero-order chi connectivity index (χ0) is 29.6. The number of hydrogen-bond donors (Lipinski definition) is 0. The standard InChI is InChI=1S/C35H20F3N5/c36-35(37,38)25-16-18-30-27(20-25)26-13-7-8-14-29(26)43(30)31-17-15-22(21-39)19-28(31)34-41-32(23-9-3-1-4-10-23)40-33(42-34)24-11-5-2-6-12-24/h1-20H. The van der Waals surface area contributed by atoms with Gasteiger partial charge < -0.3 is 4.57 Å². The zero-order valence-electron chi connectivity index (χ0n) is 22.4. The summed E-state index contributed by atoms with van der Waals surface area (Å²) in [5, 5.41) is 11.0. The monoisotopic (exact) mass is 567 g/mol. The molecule has 43 heavy (non-hydrogen) atoms. The minimum Gasteiger partial charge on any atom is -0.309 e. The summed E-state index contributed by atoms with van der Waals surface area (Å²) in [6, 6.07) is 37.5. The second-order valence-corrected chi connectivity index (χ2v) is 9.96. The molecule has 0 aliphatic heterocycles. The number of rotatable bonds is 4. The average molecular weight is 568 g/mol. The predicted molar refractivity (Wildman–Crippen MR) is 160 cm³/mol. The van der Waals surface area contributed by atoms with Gasteiger partial charge in [-0.1, -0.05) is 78.9 Å². The van der Waals surface area contributed by atoms with Crippen molar-refractivity contribution in [3.63, 3.8) is 0 Å². The highest BCUT2D eigenvalue weighted by atomic mass is 19.4. The zero-order valence-corrected chi connectivity index (χ0v) is 22.4. The number of hydrogen-bond acceptors (Lipinski definition) is 4. The highest BCUT2D eigenvalue weighted by Crippen LogP contribution is 2.39. The first-order valence-corrected chi connectivity index (χ1v) is 13.4. The smallest absolute Gasteiger partial charge is 0.309 e. The molecule has 2 heterocycles. The molecule has 7 aromatic rings. The van der Waals surface area contributed by atoms with Crippen molar-refractivity contribution in [1.29, 1.82) is 5.26 Å². The van der Waals surface area contributed by atoms with E-state index in [0.717, 1.165) is 17.2 Å². The Bertz CT molecular complexity index is 2120. The van der Waals surface area contributed by atoms with Crippen LogP contribution in [-0.4, -0.2) is 19.5 Å². The van der Waals surface area contributed by atoms with Crippen LogP contribution >= 0.6 is 0 Å². The Kier molecular flexibility index (Phi) is 6.21. The van der Waals surface area contributed by atoms with E-state index in [2.05, 4.69) is 6.07 Å². The molecule has 2 aromatic heterocycles. The molecule has 0 N–H and O–H groups in total. The lowest BCUT2D eigenvalue weighted by Gasteiger charge is -2.15. The van der Waals surface area contributed by atoms with Crippen LogP contribution in [0.1, 0.15) is 11.1 Å². The van der Waals surface area contributed by atoms with Gasteiger partial charge in [-0.15, -0.1) is 0 Å². The van der Waals surface area contributed by atoms with Crippen molar-refractivity contribution < 1.29 is 13.2 Å². The summed E-state index contributed by atoms with van der Waals surface area (Å²) in [6.07, 6.45) is -4.48. The predicted octanol–water partition coefficient (Wildman–Crippen LogP) is 8.86. The van der Waals surface area contributed by atoms with E-state index >= 15 is 0 Å². The summed E-state index contributed by atoms with van der Waals surface area (Å²) in [4.78, 5) is 14.5. The molecule has 0 saturated heterocycles. The minimum atomic E-state index is -4.48. The number of aromatic nitrogens is 4. The number of benzene rings is 5. The molecule has 0 aliphatic carbocycles. The molecule has 0 atom stereocenters. The first kappa shape index (κ1) is 26.1. The Hall–Kier alpha value is -5.81. The largest absolute Gasteiger partial charge is 0.416 e. The van der Waals surface area contributed by atoms with Crippen molar-refractivity contribution in [3.05, 3.63) is 132 Å². The molecule has 0 spiro atoms. The highest BCUT2D eigenvalue weighted by molar-refractivity contribution is 6.10. The van der Waals surface area contributed by atoms with E-state index in [1.54, 1.807) is 24.3 Å². The lowest BCUT2D eigenvalue weighted by Crippen LogP contribution is -2.05. The molecule has 0 saturated carbocycles. The van der Waals surface area contributed by atoms with Crippen molar-refractivity contribution in [3.8, 4) is 45.9 Å². The second kappa shape index (κ2) is 10.2. The fourth-order valence-electron chi connectivity index (χ4n) is 5.32. The summed E-state index contributed by atoms with van der Waals surface area (Å²) in [5.41, 5.74) is 3.70. The maximum absolute atomic E-state index is 13.7. The first-order valence-electron chi connectivity index (χ1n) is 13.4. The van der Waals surface area contributed by atoms with E-state index in [1.807, 2.05) is 83.4 Å². The molecular weight excluding hydrogens is 547 g/mol. The molecule has 5 nitrogen and oxygen atoms in total. The second-order valence-electron chi connectivity index (χ2n) is 9.96. The van der Waals surface area contributed by atoms with Gasteiger partial charge in [0, 0.05) is 27.5 Å². The normalized spacial score (nSPS) is 11.6. The topological polar surface area (TPSA) is 67.4 Å². The molecule has 7 rings (SSSR count). The lowest BCUT2D eigenvalue weighted by molar-refractivity contribution is -0.137. The van der Waals surface area contributed by atoms with Gasteiger partial charge in [-0.25, -0.2) is 15.0 Å². The van der Waals surface area contributed by atoms with Gasteiger partial charge in [0.25, 0.3) is 0 Å². The number of fused-ring (bicyclic) bond motifs is 3. The quantitative estimate of drug-likeness (QED) is 0.213. The molecule has 5 aromatic carbocycles. The van der Waals surface area contributed by atoms with Crippen LogP contribution in [0.2, 0.25) is 0 Å².